The molecule has 0 saturated heterocycles. The van der Waals surface area contributed by atoms with Crippen LogP contribution in [0.4, 0.5) is 5.88 Å². The molecule has 0 amide bonds. The molecule has 4 fully saturated rings. The van der Waals surface area contributed by atoms with Gasteiger partial charge < -0.3 is 14.8 Å². The first-order chi connectivity index (χ1) is 9.69. The molecule has 5 rings (SSSR count). The minimum atomic E-state index is -1.01. The largest absolute Gasteiger partial charge is 0.475 e. The Morgan fingerprint density at radius 2 is 1.80 bits per heavy atom. The standard InChI is InChI=1S/C16H21NO3/c18-16(19)14-1-2-15(20-14)17-8-13-11-4-9-3-10(6-11)7-12(13)5-9/h1-2,9-13,17H,3-8H2,(H,18,19). The molecule has 0 aromatic carbocycles. The van der Waals surface area contributed by atoms with Gasteiger partial charge in [0.05, 0.1) is 0 Å². The SMILES string of the molecule is O=C(O)c1ccc(NCC2C3CC4CC(C3)CC2C4)o1. The van der Waals surface area contributed by atoms with Crippen LogP contribution in [0.1, 0.15) is 42.7 Å². The Hall–Kier alpha value is -1.45. The van der Waals surface area contributed by atoms with Crippen LogP contribution in [0.5, 0.6) is 0 Å². The molecule has 1 aromatic rings. The van der Waals surface area contributed by atoms with Gasteiger partial charge in [0.1, 0.15) is 0 Å². The van der Waals surface area contributed by atoms with Crippen LogP contribution in [-0.4, -0.2) is 17.6 Å². The second kappa shape index (κ2) is 4.54. The lowest BCUT2D eigenvalue weighted by Gasteiger charge is -2.54. The van der Waals surface area contributed by atoms with E-state index in [-0.39, 0.29) is 5.76 Å². The van der Waals surface area contributed by atoms with Crippen LogP contribution in [0.2, 0.25) is 0 Å². The molecule has 1 aromatic heterocycles. The minimum absolute atomic E-state index is 0.0117. The number of carbonyl (C=O) groups is 1. The Morgan fingerprint density at radius 3 is 2.35 bits per heavy atom. The molecule has 4 aliphatic carbocycles. The van der Waals surface area contributed by atoms with Crippen LogP contribution in [0.25, 0.3) is 0 Å². The zero-order chi connectivity index (χ0) is 13.7. The lowest BCUT2D eigenvalue weighted by Crippen LogP contribution is -2.47. The van der Waals surface area contributed by atoms with Gasteiger partial charge in [-0.2, -0.15) is 0 Å². The third-order valence-corrected chi connectivity index (χ3v) is 5.75. The third kappa shape index (κ3) is 2.02. The van der Waals surface area contributed by atoms with E-state index in [1.165, 1.54) is 38.2 Å². The highest BCUT2D eigenvalue weighted by Gasteiger charge is 2.47. The molecule has 1 heterocycles. The summed E-state index contributed by atoms with van der Waals surface area (Å²) in [6.45, 7) is 0.932. The number of hydrogen-bond acceptors (Lipinski definition) is 3. The quantitative estimate of drug-likeness (QED) is 0.883. The Labute approximate surface area is 118 Å². The van der Waals surface area contributed by atoms with E-state index in [4.69, 9.17) is 9.52 Å². The molecule has 0 atom stereocenters. The monoisotopic (exact) mass is 275 g/mol. The smallest absolute Gasteiger partial charge is 0.371 e. The molecule has 4 nitrogen and oxygen atoms in total. The number of furan rings is 1. The van der Waals surface area contributed by atoms with Gasteiger partial charge in [-0.25, -0.2) is 4.79 Å². The number of anilines is 1. The van der Waals surface area contributed by atoms with E-state index >= 15 is 0 Å². The van der Waals surface area contributed by atoms with Crippen molar-refractivity contribution >= 4 is 11.9 Å². The summed E-state index contributed by atoms with van der Waals surface area (Å²) in [5.74, 6) is 4.11. The van der Waals surface area contributed by atoms with E-state index < -0.39 is 5.97 Å². The fourth-order valence-electron chi connectivity index (χ4n) is 5.14. The predicted octanol–water partition coefficient (Wildman–Crippen LogP) is 3.46. The maximum absolute atomic E-state index is 10.8. The van der Waals surface area contributed by atoms with Crippen LogP contribution >= 0.6 is 0 Å². The van der Waals surface area contributed by atoms with E-state index in [9.17, 15) is 4.79 Å². The fraction of sp³-hybridized carbons (Fsp3) is 0.688. The third-order valence-electron chi connectivity index (χ3n) is 5.75. The summed E-state index contributed by atoms with van der Waals surface area (Å²) in [7, 11) is 0. The van der Waals surface area contributed by atoms with Crippen molar-refractivity contribution in [3.63, 3.8) is 0 Å². The maximum Gasteiger partial charge on any atom is 0.371 e. The minimum Gasteiger partial charge on any atom is -0.475 e. The summed E-state index contributed by atoms with van der Waals surface area (Å²) in [6.07, 6.45) is 7.14. The van der Waals surface area contributed by atoms with Crippen molar-refractivity contribution in [1.82, 2.24) is 0 Å². The van der Waals surface area contributed by atoms with E-state index in [1.807, 2.05) is 0 Å². The Morgan fingerprint density at radius 1 is 1.15 bits per heavy atom. The van der Waals surface area contributed by atoms with E-state index in [0.717, 1.165) is 36.1 Å². The highest BCUT2D eigenvalue weighted by atomic mass is 16.4. The van der Waals surface area contributed by atoms with Gasteiger partial charge in [0, 0.05) is 12.6 Å². The Balaban J connectivity index is 1.40. The summed E-state index contributed by atoms with van der Waals surface area (Å²) in [4.78, 5) is 10.8. The van der Waals surface area contributed by atoms with Crippen LogP contribution < -0.4 is 5.32 Å². The lowest BCUT2D eigenvalue weighted by molar-refractivity contribution is -0.0306. The van der Waals surface area contributed by atoms with Crippen LogP contribution in [0.3, 0.4) is 0 Å². The molecule has 2 N–H and O–H groups in total. The second-order valence-electron chi connectivity index (χ2n) is 6.94. The van der Waals surface area contributed by atoms with Gasteiger partial charge in [-0.15, -0.1) is 0 Å². The van der Waals surface area contributed by atoms with Crippen molar-refractivity contribution in [2.75, 3.05) is 11.9 Å². The molecular formula is C16H21NO3. The Kier molecular flexibility index (Phi) is 2.79. The number of carboxylic acids is 1. The lowest BCUT2D eigenvalue weighted by atomic mass is 9.52. The van der Waals surface area contributed by atoms with Crippen molar-refractivity contribution in [3.05, 3.63) is 17.9 Å². The maximum atomic E-state index is 10.8. The van der Waals surface area contributed by atoms with E-state index in [1.54, 1.807) is 6.07 Å². The molecule has 20 heavy (non-hydrogen) atoms. The number of carboxylic acid groups (broad SMARTS) is 1. The molecule has 0 spiro atoms. The number of rotatable bonds is 4. The topological polar surface area (TPSA) is 62.5 Å². The molecule has 0 radical (unpaired) electrons. The van der Waals surface area contributed by atoms with Crippen molar-refractivity contribution < 1.29 is 14.3 Å². The summed E-state index contributed by atoms with van der Waals surface area (Å²) in [5, 5.41) is 12.2. The normalized spacial score (nSPS) is 38.1. The van der Waals surface area contributed by atoms with Gasteiger partial charge in [-0.3, -0.25) is 0 Å². The molecule has 0 aliphatic heterocycles. The van der Waals surface area contributed by atoms with Crippen LogP contribution in [0.15, 0.2) is 16.5 Å². The van der Waals surface area contributed by atoms with Crippen molar-refractivity contribution in [1.29, 1.82) is 0 Å². The van der Waals surface area contributed by atoms with Gasteiger partial charge in [-0.05, 0) is 67.8 Å². The molecule has 4 saturated carbocycles. The average Bonchev–Trinajstić information content (AvgIpc) is 2.86. The van der Waals surface area contributed by atoms with Gasteiger partial charge >= 0.3 is 5.97 Å². The second-order valence-corrected chi connectivity index (χ2v) is 6.94. The van der Waals surface area contributed by atoms with Crippen molar-refractivity contribution in [2.24, 2.45) is 29.6 Å². The fourth-order valence-corrected chi connectivity index (χ4v) is 5.14. The average molecular weight is 275 g/mol. The highest BCUT2D eigenvalue weighted by molar-refractivity contribution is 5.84. The summed E-state index contributed by atoms with van der Waals surface area (Å²) >= 11 is 0. The van der Waals surface area contributed by atoms with Gasteiger partial charge in [0.15, 0.2) is 5.88 Å². The first-order valence-corrected chi connectivity index (χ1v) is 7.76. The molecule has 4 bridgehead atoms. The molecule has 108 valence electrons. The zero-order valence-electron chi connectivity index (χ0n) is 11.5. The molecule has 0 unspecified atom stereocenters. The highest BCUT2D eigenvalue weighted by Crippen LogP contribution is 2.56. The van der Waals surface area contributed by atoms with Crippen LogP contribution in [-0.2, 0) is 0 Å². The Bertz CT molecular complexity index is 494. The van der Waals surface area contributed by atoms with Crippen LogP contribution in [0, 0.1) is 29.6 Å². The number of nitrogens with one attached hydrogen (secondary N) is 1. The molecular weight excluding hydrogens is 254 g/mol. The van der Waals surface area contributed by atoms with Crippen molar-refractivity contribution in [2.45, 2.75) is 32.1 Å². The molecule has 4 heteroatoms. The molecule has 4 aliphatic rings. The number of aromatic carboxylic acids is 1. The van der Waals surface area contributed by atoms with Crippen molar-refractivity contribution in [3.8, 4) is 0 Å². The van der Waals surface area contributed by atoms with Gasteiger partial charge in [0.25, 0.3) is 0 Å². The predicted molar refractivity (Wildman–Crippen MR) is 74.7 cm³/mol. The summed E-state index contributed by atoms with van der Waals surface area (Å²) in [6, 6.07) is 3.24. The first kappa shape index (κ1) is 12.3. The summed E-state index contributed by atoms with van der Waals surface area (Å²) in [5.41, 5.74) is 0. The zero-order valence-corrected chi connectivity index (χ0v) is 11.5. The number of hydrogen-bond donors (Lipinski definition) is 2. The van der Waals surface area contributed by atoms with Gasteiger partial charge in [-0.1, -0.05) is 0 Å². The first-order valence-electron chi connectivity index (χ1n) is 7.76. The summed E-state index contributed by atoms with van der Waals surface area (Å²) < 4.78 is 5.28. The van der Waals surface area contributed by atoms with E-state index in [0.29, 0.717) is 5.88 Å². The van der Waals surface area contributed by atoms with E-state index in [2.05, 4.69) is 5.32 Å². The van der Waals surface area contributed by atoms with Gasteiger partial charge in [0.2, 0.25) is 5.76 Å².